The topological polar surface area (TPSA) is 31.5 Å². The molecule has 2 heteroatoms. The summed E-state index contributed by atoms with van der Waals surface area (Å²) in [5, 5.41) is 0. The average molecular weight is 109 g/mol. The third-order valence-electron chi connectivity index (χ3n) is 0. The van der Waals surface area contributed by atoms with Gasteiger partial charge in [0.05, 0.1) is 0 Å². The minimum absolute atomic E-state index is 0. The molecule has 2 N–H and O–H groups in total. The predicted molar refractivity (Wildman–Crippen MR) is 19.3 cm³/mol. The zero-order chi connectivity index (χ0) is 2.71. The van der Waals surface area contributed by atoms with E-state index in [0.717, 1.165) is 0 Å². The molecule has 0 saturated carbocycles. The summed E-state index contributed by atoms with van der Waals surface area (Å²) in [6.45, 7) is 4.00. The molecule has 0 unspecified atom stereocenters. The Balaban J connectivity index is -0.0000000200. The molecule has 0 fully saturated rings. The Labute approximate surface area is 48.0 Å². The average Bonchev–Trinajstić information content (AvgIpc) is 0.918. The summed E-state index contributed by atoms with van der Waals surface area (Å²) in [7, 11) is 0. The van der Waals surface area contributed by atoms with Gasteiger partial charge in [0, 0.05) is 21.7 Å². The summed E-state index contributed by atoms with van der Waals surface area (Å²) in [5.74, 6) is 0. The molecular weight excluding hydrogens is 99.9 g/mol. The Morgan fingerprint density at radius 3 is 1.20 bits per heavy atom. The Hall–Kier alpha value is 0.674. The fourth-order valence-corrected chi connectivity index (χ4v) is 0. The van der Waals surface area contributed by atoms with E-state index in [4.69, 9.17) is 0 Å². The van der Waals surface area contributed by atoms with Gasteiger partial charge >= 0.3 is 0 Å². The van der Waals surface area contributed by atoms with E-state index in [0.29, 0.717) is 0 Å². The van der Waals surface area contributed by atoms with Crippen LogP contribution in [0.2, 0.25) is 0 Å². The van der Waals surface area contributed by atoms with Gasteiger partial charge in [0.15, 0.2) is 0 Å². The van der Waals surface area contributed by atoms with Crippen LogP contribution in [0.5, 0.6) is 0 Å². The van der Waals surface area contributed by atoms with E-state index in [-0.39, 0.29) is 27.2 Å². The Morgan fingerprint density at radius 1 is 1.20 bits per heavy atom. The molecule has 0 aliphatic heterocycles. The molecule has 0 amide bonds. The first-order chi connectivity index (χ1) is 1.41. The fourth-order valence-electron chi connectivity index (χ4n) is 0. The van der Waals surface area contributed by atoms with Crippen LogP contribution in [0.4, 0.5) is 0 Å². The predicted octanol–water partition coefficient (Wildman–Crippen LogP) is 0.403. The van der Waals surface area contributed by atoms with Crippen LogP contribution < -0.4 is 0 Å². The molecule has 0 aliphatic rings. The van der Waals surface area contributed by atoms with Gasteiger partial charge in [0.1, 0.15) is 0 Å². The third-order valence-corrected chi connectivity index (χ3v) is 0. The van der Waals surface area contributed by atoms with Gasteiger partial charge in [-0.25, -0.2) is 0 Å². The molecule has 32 valence electrons. The normalized spacial score (nSPS) is 3.60. The van der Waals surface area contributed by atoms with E-state index in [1.165, 1.54) is 0 Å². The van der Waals surface area contributed by atoms with E-state index in [1.807, 2.05) is 20.3 Å². The minimum Gasteiger partial charge on any atom is -0.412 e. The summed E-state index contributed by atoms with van der Waals surface area (Å²) in [5.41, 5.74) is 0. The third kappa shape index (κ3) is 73.5. The van der Waals surface area contributed by atoms with Crippen LogP contribution in [0.15, 0.2) is 0 Å². The Bertz CT molecular complexity index is 6.85. The van der Waals surface area contributed by atoms with Gasteiger partial charge in [0.25, 0.3) is 0 Å². The molecular formula is C3H9OTi-. The van der Waals surface area contributed by atoms with Crippen LogP contribution in [-0.4, -0.2) is 5.48 Å². The first-order valence-electron chi connectivity index (χ1n) is 1.15. The molecule has 0 radical (unpaired) electrons. The summed E-state index contributed by atoms with van der Waals surface area (Å²) in [6, 6.07) is 0. The molecule has 1 nitrogen and oxygen atoms in total. The molecule has 0 aromatic heterocycles. The smallest absolute Gasteiger partial charge is 0 e. The monoisotopic (exact) mass is 109 g/mol. The zero-order valence-electron chi connectivity index (χ0n) is 3.58. The first-order valence-corrected chi connectivity index (χ1v) is 1.15. The first kappa shape index (κ1) is 17.3. The van der Waals surface area contributed by atoms with Gasteiger partial charge in [-0.1, -0.05) is 0 Å². The van der Waals surface area contributed by atoms with Crippen molar-refractivity contribution in [2.45, 2.75) is 13.8 Å². The second-order valence-electron chi connectivity index (χ2n) is 0.577. The maximum Gasteiger partial charge on any atom is 0 e. The van der Waals surface area contributed by atoms with E-state index in [2.05, 4.69) is 0 Å². The van der Waals surface area contributed by atoms with E-state index in [1.54, 1.807) is 0 Å². The number of rotatable bonds is 0. The maximum atomic E-state index is 2.00. The molecule has 0 saturated heterocycles. The molecule has 0 aromatic carbocycles. The van der Waals surface area contributed by atoms with Crippen molar-refractivity contribution >= 4 is 0 Å². The minimum atomic E-state index is 0. The summed E-state index contributed by atoms with van der Waals surface area (Å²) < 4.78 is 0. The summed E-state index contributed by atoms with van der Waals surface area (Å²) in [6.07, 6.45) is 2.00. The van der Waals surface area contributed by atoms with Gasteiger partial charge in [0.2, 0.25) is 0 Å². The maximum absolute atomic E-state index is 2.00. The van der Waals surface area contributed by atoms with Gasteiger partial charge < -0.3 is 11.9 Å². The van der Waals surface area contributed by atoms with Gasteiger partial charge in [-0.15, -0.1) is 0 Å². The van der Waals surface area contributed by atoms with E-state index < -0.39 is 0 Å². The Morgan fingerprint density at radius 2 is 1.20 bits per heavy atom. The van der Waals surface area contributed by atoms with Gasteiger partial charge in [-0.3, -0.25) is 0 Å². The van der Waals surface area contributed by atoms with Crippen molar-refractivity contribution in [3.63, 3.8) is 0 Å². The fraction of sp³-hybridized carbons (Fsp3) is 0.667. The van der Waals surface area contributed by atoms with Crippen LogP contribution in [-0.2, 0) is 21.7 Å². The van der Waals surface area contributed by atoms with Crippen LogP contribution in [0.3, 0.4) is 0 Å². The van der Waals surface area contributed by atoms with Crippen LogP contribution in [0.25, 0.3) is 0 Å². The van der Waals surface area contributed by atoms with Crippen molar-refractivity contribution in [1.82, 2.24) is 0 Å². The van der Waals surface area contributed by atoms with Crippen molar-refractivity contribution in [1.29, 1.82) is 0 Å². The standard InChI is InChI=1S/C3H7.H2O.Ti/c1-3-2;;/h3H,1-2H3;1H2;/q-1;;. The second-order valence-corrected chi connectivity index (χ2v) is 0.577. The van der Waals surface area contributed by atoms with E-state index in [9.17, 15) is 0 Å². The largest absolute Gasteiger partial charge is 0.412 e. The second kappa shape index (κ2) is 22.5. The molecule has 0 spiro atoms. The molecule has 0 rings (SSSR count). The van der Waals surface area contributed by atoms with Crippen LogP contribution in [0, 0.1) is 6.42 Å². The summed E-state index contributed by atoms with van der Waals surface area (Å²) >= 11 is 0. The quantitative estimate of drug-likeness (QED) is 0.318. The van der Waals surface area contributed by atoms with E-state index >= 15 is 0 Å². The molecule has 0 aliphatic carbocycles. The van der Waals surface area contributed by atoms with Gasteiger partial charge in [-0.05, 0) is 0 Å². The Kier molecular flexibility index (Phi) is 78.0. The van der Waals surface area contributed by atoms with Crippen molar-refractivity contribution < 1.29 is 27.2 Å². The van der Waals surface area contributed by atoms with Crippen molar-refractivity contribution in [2.75, 3.05) is 0 Å². The zero-order valence-corrected chi connectivity index (χ0v) is 5.14. The molecule has 0 bridgehead atoms. The van der Waals surface area contributed by atoms with Crippen molar-refractivity contribution in [2.24, 2.45) is 0 Å². The molecule has 5 heavy (non-hydrogen) atoms. The van der Waals surface area contributed by atoms with Crippen molar-refractivity contribution in [3.05, 3.63) is 6.42 Å². The number of hydrogen-bond donors (Lipinski definition) is 0. The van der Waals surface area contributed by atoms with Crippen LogP contribution in [0.1, 0.15) is 13.8 Å². The van der Waals surface area contributed by atoms with Crippen molar-refractivity contribution in [3.8, 4) is 0 Å². The van der Waals surface area contributed by atoms with Gasteiger partial charge in [-0.2, -0.15) is 13.8 Å². The van der Waals surface area contributed by atoms with Crippen LogP contribution >= 0.6 is 0 Å². The molecule has 0 aromatic rings. The molecule has 0 atom stereocenters. The molecule has 0 heterocycles. The summed E-state index contributed by atoms with van der Waals surface area (Å²) in [4.78, 5) is 0. The SMILES string of the molecule is C[CH-]C.O.[Ti]. The number of hydrogen-bond acceptors (Lipinski definition) is 0.